The number of carbonyl (C=O) groups excluding carboxylic acids is 4. The van der Waals surface area contributed by atoms with E-state index in [1.807, 2.05) is 32.9 Å². The lowest BCUT2D eigenvalue weighted by molar-refractivity contribution is -0.142. The third-order valence-corrected chi connectivity index (χ3v) is 4.77. The van der Waals surface area contributed by atoms with Crippen LogP contribution in [0.2, 0.25) is 0 Å². The van der Waals surface area contributed by atoms with Gasteiger partial charge in [-0.3, -0.25) is 14.4 Å². The molecule has 0 saturated carbocycles. The molecule has 2 atom stereocenters. The third-order valence-electron chi connectivity index (χ3n) is 4.77. The maximum absolute atomic E-state index is 13.6. The van der Waals surface area contributed by atoms with Gasteiger partial charge in [-0.2, -0.15) is 0 Å². The van der Waals surface area contributed by atoms with Crippen molar-refractivity contribution in [2.45, 2.75) is 85.0 Å². The van der Waals surface area contributed by atoms with Gasteiger partial charge in [0.25, 0.3) is 0 Å². The molecule has 9 heteroatoms. The fourth-order valence-corrected chi connectivity index (χ4v) is 3.37. The van der Waals surface area contributed by atoms with Crippen LogP contribution in [0.4, 0.5) is 4.79 Å². The van der Waals surface area contributed by atoms with E-state index in [1.165, 1.54) is 4.90 Å². The number of nitrogens with zero attached hydrogens (tertiary/aromatic N) is 1. The third kappa shape index (κ3) is 9.11. The maximum Gasteiger partial charge on any atom is 0.408 e. The van der Waals surface area contributed by atoms with Gasteiger partial charge in [0.15, 0.2) is 0 Å². The minimum atomic E-state index is -1.09. The van der Waals surface area contributed by atoms with Crippen LogP contribution in [-0.2, 0) is 19.1 Å². The highest BCUT2D eigenvalue weighted by Gasteiger charge is 2.36. The Morgan fingerprint density at radius 3 is 2.18 bits per heavy atom. The Bertz CT molecular complexity index is 848. The number of ether oxygens (including phenoxy) is 1. The second kappa shape index (κ2) is 12.2. The van der Waals surface area contributed by atoms with Gasteiger partial charge in [0.1, 0.15) is 17.7 Å². The first-order valence-electron chi connectivity index (χ1n) is 11.2. The van der Waals surface area contributed by atoms with Gasteiger partial charge < -0.3 is 26.0 Å². The summed E-state index contributed by atoms with van der Waals surface area (Å²) in [4.78, 5) is 52.1. The Kier molecular flexibility index (Phi) is 10.3. The summed E-state index contributed by atoms with van der Waals surface area (Å²) in [5.74, 6) is -1.44. The maximum atomic E-state index is 13.6. The first-order chi connectivity index (χ1) is 15.3. The van der Waals surface area contributed by atoms with Crippen molar-refractivity contribution < 1.29 is 23.9 Å². The molecule has 4 N–H and O–H groups in total. The summed E-state index contributed by atoms with van der Waals surface area (Å²) in [5.41, 5.74) is 6.04. The van der Waals surface area contributed by atoms with Crippen molar-refractivity contribution in [3.63, 3.8) is 0 Å². The van der Waals surface area contributed by atoms with E-state index in [0.717, 1.165) is 5.56 Å². The molecule has 0 bridgehead atoms. The van der Waals surface area contributed by atoms with Crippen LogP contribution in [0.5, 0.6) is 0 Å². The van der Waals surface area contributed by atoms with Crippen LogP contribution in [0, 0.1) is 6.92 Å². The van der Waals surface area contributed by atoms with Crippen LogP contribution >= 0.6 is 0 Å². The molecule has 9 nitrogen and oxygen atoms in total. The number of carbonyl (C=O) groups is 4. The number of benzene rings is 1. The van der Waals surface area contributed by atoms with Crippen LogP contribution in [0.25, 0.3) is 0 Å². The van der Waals surface area contributed by atoms with E-state index in [0.29, 0.717) is 5.56 Å². The Morgan fingerprint density at radius 1 is 1.09 bits per heavy atom. The lowest BCUT2D eigenvalue weighted by Gasteiger charge is -2.34. The molecule has 0 aliphatic heterocycles. The van der Waals surface area contributed by atoms with Crippen LogP contribution in [0.3, 0.4) is 0 Å². The zero-order valence-corrected chi connectivity index (χ0v) is 20.7. The fourth-order valence-electron chi connectivity index (χ4n) is 3.37. The topological polar surface area (TPSA) is 131 Å². The fraction of sp³-hybridized carbons (Fsp3) is 0.583. The average Bonchev–Trinajstić information content (AvgIpc) is 2.67. The number of hydrogen-bond acceptors (Lipinski definition) is 5. The normalized spacial score (nSPS) is 13.1. The molecule has 1 aromatic rings. The van der Waals surface area contributed by atoms with Crippen molar-refractivity contribution in [1.82, 2.24) is 15.5 Å². The van der Waals surface area contributed by atoms with Crippen molar-refractivity contribution in [1.29, 1.82) is 0 Å². The van der Waals surface area contributed by atoms with E-state index < -0.39 is 35.6 Å². The molecule has 33 heavy (non-hydrogen) atoms. The summed E-state index contributed by atoms with van der Waals surface area (Å²) < 4.78 is 5.29. The Morgan fingerprint density at radius 2 is 1.70 bits per heavy atom. The highest BCUT2D eigenvalue weighted by atomic mass is 16.6. The van der Waals surface area contributed by atoms with Crippen molar-refractivity contribution in [3.05, 3.63) is 35.4 Å². The predicted molar refractivity (Wildman–Crippen MR) is 126 cm³/mol. The summed E-state index contributed by atoms with van der Waals surface area (Å²) in [5, 5.41) is 5.43. The van der Waals surface area contributed by atoms with Crippen LogP contribution < -0.4 is 16.4 Å². The Hall–Kier alpha value is -3.10. The summed E-state index contributed by atoms with van der Waals surface area (Å²) in [7, 11) is 0. The van der Waals surface area contributed by atoms with Crippen molar-refractivity contribution in [2.24, 2.45) is 5.73 Å². The van der Waals surface area contributed by atoms with Gasteiger partial charge in [-0.05, 0) is 66.0 Å². The molecule has 0 radical (unpaired) electrons. The lowest BCUT2D eigenvalue weighted by atomic mass is 9.97. The van der Waals surface area contributed by atoms with Gasteiger partial charge in [-0.15, -0.1) is 0 Å². The van der Waals surface area contributed by atoms with E-state index in [9.17, 15) is 19.2 Å². The van der Waals surface area contributed by atoms with E-state index in [4.69, 9.17) is 10.5 Å². The van der Waals surface area contributed by atoms with E-state index >= 15 is 0 Å². The Labute approximate surface area is 196 Å². The first-order valence-corrected chi connectivity index (χ1v) is 11.2. The summed E-state index contributed by atoms with van der Waals surface area (Å²) in [6.45, 7) is 12.6. The van der Waals surface area contributed by atoms with Crippen molar-refractivity contribution in [2.75, 3.05) is 6.54 Å². The largest absolute Gasteiger partial charge is 0.444 e. The molecular weight excluding hydrogens is 424 g/mol. The van der Waals surface area contributed by atoms with Crippen molar-refractivity contribution >= 4 is 23.8 Å². The molecule has 0 heterocycles. The predicted octanol–water partition coefficient (Wildman–Crippen LogP) is 2.57. The molecule has 2 unspecified atom stereocenters. The highest BCUT2D eigenvalue weighted by molar-refractivity contribution is 5.92. The number of hydrogen-bond donors (Lipinski definition) is 3. The van der Waals surface area contributed by atoms with E-state index in [1.54, 1.807) is 39.8 Å². The molecule has 0 saturated heterocycles. The number of alkyl carbamates (subject to hydrolysis) is 1. The van der Waals surface area contributed by atoms with Crippen LogP contribution in [0.15, 0.2) is 24.3 Å². The first kappa shape index (κ1) is 27.9. The molecule has 4 amide bonds. The van der Waals surface area contributed by atoms with Gasteiger partial charge in [0.05, 0.1) is 0 Å². The van der Waals surface area contributed by atoms with Gasteiger partial charge >= 0.3 is 6.09 Å². The zero-order valence-electron chi connectivity index (χ0n) is 20.7. The van der Waals surface area contributed by atoms with Crippen molar-refractivity contribution in [3.8, 4) is 0 Å². The van der Waals surface area contributed by atoms with Gasteiger partial charge in [0, 0.05) is 19.0 Å². The summed E-state index contributed by atoms with van der Waals surface area (Å²) in [6.07, 6.45) is -0.923. The molecule has 184 valence electrons. The molecule has 0 aromatic heterocycles. The zero-order chi connectivity index (χ0) is 25.3. The number of amides is 4. The smallest absolute Gasteiger partial charge is 0.408 e. The number of primary amides is 1. The molecule has 0 spiro atoms. The molecule has 1 aromatic carbocycles. The second-order valence-corrected chi connectivity index (χ2v) is 9.25. The Balaban J connectivity index is 3.36. The minimum absolute atomic E-state index is 0.0177. The summed E-state index contributed by atoms with van der Waals surface area (Å²) >= 11 is 0. The average molecular weight is 463 g/mol. The standard InChI is InChI=1S/C24H38N4O5/c1-8-28(20(21(30)26-15(2)3)17-12-10-9-11-16(17)4)22(31)18(13-14-19(25)29)27-23(32)33-24(5,6)7/h9-12,15,18,20H,8,13-14H2,1-7H3,(H2,25,29)(H,26,30)(H,27,32). The minimum Gasteiger partial charge on any atom is -0.444 e. The number of aryl methyl sites for hydroxylation is 1. The second-order valence-electron chi connectivity index (χ2n) is 9.25. The quantitative estimate of drug-likeness (QED) is 0.492. The highest BCUT2D eigenvalue weighted by Crippen LogP contribution is 2.26. The van der Waals surface area contributed by atoms with Gasteiger partial charge in [-0.25, -0.2) is 4.79 Å². The number of nitrogens with two attached hydrogens (primary N) is 1. The van der Waals surface area contributed by atoms with Crippen LogP contribution in [0.1, 0.15) is 71.6 Å². The monoisotopic (exact) mass is 462 g/mol. The molecule has 0 aliphatic rings. The van der Waals surface area contributed by atoms with E-state index in [-0.39, 0.29) is 31.3 Å². The van der Waals surface area contributed by atoms with Crippen LogP contribution in [-0.4, -0.2) is 52.9 Å². The van der Waals surface area contributed by atoms with Gasteiger partial charge in [0.2, 0.25) is 17.7 Å². The molecule has 1 rings (SSSR count). The van der Waals surface area contributed by atoms with Gasteiger partial charge in [-0.1, -0.05) is 24.3 Å². The number of likely N-dealkylation sites (N-methyl/N-ethyl adjacent to an activating group) is 1. The SMILES string of the molecule is CCN(C(=O)C(CCC(N)=O)NC(=O)OC(C)(C)C)C(C(=O)NC(C)C)c1ccccc1C. The number of nitrogens with one attached hydrogen (secondary N) is 2. The number of rotatable bonds is 10. The van der Waals surface area contributed by atoms with E-state index in [2.05, 4.69) is 10.6 Å². The lowest BCUT2D eigenvalue weighted by Crippen LogP contribution is -2.53. The molecule has 0 aliphatic carbocycles. The molecular formula is C24H38N4O5. The summed E-state index contributed by atoms with van der Waals surface area (Å²) in [6, 6.07) is 5.19. The molecule has 0 fully saturated rings.